The van der Waals surface area contributed by atoms with Crippen molar-refractivity contribution in [2.75, 3.05) is 11.4 Å². The topological polar surface area (TPSA) is 77.5 Å². The van der Waals surface area contributed by atoms with Crippen LogP contribution in [-0.4, -0.2) is 40.8 Å². The third-order valence-electron chi connectivity index (χ3n) is 6.64. The summed E-state index contributed by atoms with van der Waals surface area (Å²) in [4.78, 5) is 15.8. The van der Waals surface area contributed by atoms with Crippen molar-refractivity contribution in [2.24, 2.45) is 0 Å². The minimum Gasteiger partial charge on any atom is -0.342 e. The number of imidazole rings is 1. The molecule has 33 heavy (non-hydrogen) atoms. The SMILES string of the molecule is CCC12CCCCN1c1nc(-n3ccnc3-c3cc(F)c(F)c(F)c3)ncc1-n1cnnc12. The Balaban J connectivity index is 1.52. The van der Waals surface area contributed by atoms with Crippen LogP contribution >= 0.6 is 0 Å². The van der Waals surface area contributed by atoms with Crippen LogP contribution in [0.15, 0.2) is 37.1 Å². The minimum absolute atomic E-state index is 0.0831. The summed E-state index contributed by atoms with van der Waals surface area (Å²) in [5, 5.41) is 8.58. The molecule has 0 saturated carbocycles. The van der Waals surface area contributed by atoms with Gasteiger partial charge in [-0.1, -0.05) is 6.92 Å². The van der Waals surface area contributed by atoms with Crippen LogP contribution in [-0.2, 0) is 5.54 Å². The van der Waals surface area contributed by atoms with Gasteiger partial charge in [0.1, 0.15) is 23.4 Å². The quantitative estimate of drug-likeness (QED) is 0.439. The van der Waals surface area contributed by atoms with Gasteiger partial charge < -0.3 is 4.90 Å². The van der Waals surface area contributed by atoms with Crippen molar-refractivity contribution in [1.29, 1.82) is 0 Å². The molecule has 3 aromatic heterocycles. The molecule has 6 rings (SSSR count). The number of aromatic nitrogens is 7. The number of fused-ring (bicyclic) bond motifs is 6. The van der Waals surface area contributed by atoms with Crippen molar-refractivity contribution in [3.63, 3.8) is 0 Å². The Labute approximate surface area is 186 Å². The molecule has 11 heteroatoms. The summed E-state index contributed by atoms with van der Waals surface area (Å²) in [6.45, 7) is 2.95. The molecule has 4 aromatic rings. The van der Waals surface area contributed by atoms with Gasteiger partial charge in [-0.3, -0.25) is 9.13 Å². The lowest BCUT2D eigenvalue weighted by Crippen LogP contribution is -2.53. The summed E-state index contributed by atoms with van der Waals surface area (Å²) in [7, 11) is 0. The number of piperidine rings is 1. The number of hydrogen-bond donors (Lipinski definition) is 0. The third kappa shape index (κ3) is 2.74. The Bertz CT molecular complexity index is 1360. The predicted octanol–water partition coefficient (Wildman–Crippen LogP) is 3.94. The average molecular weight is 452 g/mol. The predicted molar refractivity (Wildman–Crippen MR) is 113 cm³/mol. The summed E-state index contributed by atoms with van der Waals surface area (Å²) in [6.07, 6.45) is 10.3. The standard InChI is InChI=1S/C22H19F3N8/c1-2-22-5-3-4-7-33(22)19-16(32-12-28-30-20(22)32)11-27-21(29-19)31-8-6-26-18(31)13-9-14(23)17(25)15(24)10-13/h6,8-12H,2-5,7H2,1H3. The molecule has 0 aliphatic carbocycles. The van der Waals surface area contributed by atoms with E-state index in [0.717, 1.165) is 61.7 Å². The lowest BCUT2D eigenvalue weighted by molar-refractivity contribution is 0.274. The zero-order valence-corrected chi connectivity index (χ0v) is 17.7. The Morgan fingerprint density at radius 3 is 2.67 bits per heavy atom. The molecule has 2 aliphatic heterocycles. The molecule has 0 spiro atoms. The lowest BCUT2D eigenvalue weighted by atomic mass is 9.82. The second kappa shape index (κ2) is 7.12. The van der Waals surface area contributed by atoms with Crippen LogP contribution in [0.1, 0.15) is 38.4 Å². The molecular formula is C22H19F3N8. The van der Waals surface area contributed by atoms with E-state index in [1.54, 1.807) is 18.7 Å². The van der Waals surface area contributed by atoms with Crippen LogP contribution in [0.2, 0.25) is 0 Å². The van der Waals surface area contributed by atoms with Gasteiger partial charge in [-0.05, 0) is 37.8 Å². The van der Waals surface area contributed by atoms with Gasteiger partial charge in [0.05, 0.1) is 6.20 Å². The molecule has 0 amide bonds. The third-order valence-corrected chi connectivity index (χ3v) is 6.64. The van der Waals surface area contributed by atoms with E-state index in [-0.39, 0.29) is 16.9 Å². The summed E-state index contributed by atoms with van der Waals surface area (Å²) in [5.74, 6) is -1.97. The molecule has 1 fully saturated rings. The number of halogens is 3. The molecule has 8 nitrogen and oxygen atoms in total. The fourth-order valence-corrected chi connectivity index (χ4v) is 5.04. The first-order chi connectivity index (χ1) is 16.0. The van der Waals surface area contributed by atoms with Gasteiger partial charge in [0, 0.05) is 24.5 Å². The number of nitrogens with zero attached hydrogens (tertiary/aromatic N) is 8. The van der Waals surface area contributed by atoms with Crippen LogP contribution < -0.4 is 4.90 Å². The van der Waals surface area contributed by atoms with Crippen LogP contribution in [0.4, 0.5) is 19.0 Å². The van der Waals surface area contributed by atoms with Crippen molar-refractivity contribution in [1.82, 2.24) is 34.3 Å². The highest BCUT2D eigenvalue weighted by atomic mass is 19.2. The van der Waals surface area contributed by atoms with E-state index in [1.165, 1.54) is 10.8 Å². The zero-order chi connectivity index (χ0) is 22.7. The van der Waals surface area contributed by atoms with Gasteiger partial charge >= 0.3 is 0 Å². The first kappa shape index (κ1) is 19.9. The Hall–Kier alpha value is -3.76. The lowest BCUT2D eigenvalue weighted by Gasteiger charge is -2.49. The van der Waals surface area contributed by atoms with E-state index in [1.807, 2.05) is 4.57 Å². The van der Waals surface area contributed by atoms with E-state index in [9.17, 15) is 13.2 Å². The number of benzene rings is 1. The maximum absolute atomic E-state index is 13.9. The zero-order valence-electron chi connectivity index (χ0n) is 17.7. The fourth-order valence-electron chi connectivity index (χ4n) is 5.04. The average Bonchev–Trinajstić information content (AvgIpc) is 3.52. The summed E-state index contributed by atoms with van der Waals surface area (Å²) in [5.41, 5.74) is 0.541. The Morgan fingerprint density at radius 2 is 1.88 bits per heavy atom. The maximum atomic E-state index is 13.9. The number of anilines is 1. The minimum atomic E-state index is -1.52. The van der Waals surface area contributed by atoms with E-state index >= 15 is 0 Å². The maximum Gasteiger partial charge on any atom is 0.237 e. The number of rotatable bonds is 3. The van der Waals surface area contributed by atoms with E-state index in [2.05, 4.69) is 32.0 Å². The number of hydrogen-bond acceptors (Lipinski definition) is 6. The molecule has 168 valence electrons. The second-order valence-electron chi connectivity index (χ2n) is 8.27. The fraction of sp³-hybridized carbons (Fsp3) is 0.318. The van der Waals surface area contributed by atoms with Crippen molar-refractivity contribution in [2.45, 2.75) is 38.1 Å². The Kier molecular flexibility index (Phi) is 4.29. The van der Waals surface area contributed by atoms with Crippen LogP contribution in [0, 0.1) is 17.5 Å². The summed E-state index contributed by atoms with van der Waals surface area (Å²) >= 11 is 0. The van der Waals surface area contributed by atoms with Gasteiger partial charge in [0.15, 0.2) is 29.1 Å². The van der Waals surface area contributed by atoms with Crippen molar-refractivity contribution < 1.29 is 13.2 Å². The van der Waals surface area contributed by atoms with Gasteiger partial charge in [0.2, 0.25) is 5.95 Å². The first-order valence-corrected chi connectivity index (χ1v) is 10.8. The first-order valence-electron chi connectivity index (χ1n) is 10.8. The monoisotopic (exact) mass is 452 g/mol. The normalized spacial score (nSPS) is 19.2. The molecule has 1 unspecified atom stereocenters. The molecule has 5 heterocycles. The van der Waals surface area contributed by atoms with Crippen LogP contribution in [0.25, 0.3) is 23.0 Å². The molecule has 2 aliphatic rings. The second-order valence-corrected chi connectivity index (χ2v) is 8.27. The highest BCUT2D eigenvalue weighted by Gasteiger charge is 2.48. The summed E-state index contributed by atoms with van der Waals surface area (Å²) < 4.78 is 44.7. The molecular weight excluding hydrogens is 433 g/mol. The van der Waals surface area contributed by atoms with Crippen molar-refractivity contribution in [3.8, 4) is 23.0 Å². The van der Waals surface area contributed by atoms with E-state index < -0.39 is 17.5 Å². The van der Waals surface area contributed by atoms with Gasteiger partial charge in [-0.2, -0.15) is 4.98 Å². The van der Waals surface area contributed by atoms with E-state index in [0.29, 0.717) is 5.95 Å². The smallest absolute Gasteiger partial charge is 0.237 e. The molecule has 0 radical (unpaired) electrons. The van der Waals surface area contributed by atoms with Crippen LogP contribution in [0.5, 0.6) is 0 Å². The summed E-state index contributed by atoms with van der Waals surface area (Å²) in [6, 6.07) is 1.82. The van der Waals surface area contributed by atoms with Gasteiger partial charge in [-0.15, -0.1) is 10.2 Å². The molecule has 1 aromatic carbocycles. The van der Waals surface area contributed by atoms with Crippen molar-refractivity contribution in [3.05, 3.63) is 60.3 Å². The van der Waals surface area contributed by atoms with Gasteiger partial charge in [0.25, 0.3) is 0 Å². The van der Waals surface area contributed by atoms with Crippen molar-refractivity contribution >= 4 is 5.82 Å². The molecule has 0 N–H and O–H groups in total. The highest BCUT2D eigenvalue weighted by Crippen LogP contribution is 2.47. The molecule has 1 saturated heterocycles. The Morgan fingerprint density at radius 1 is 1.06 bits per heavy atom. The molecule has 0 bridgehead atoms. The van der Waals surface area contributed by atoms with Crippen LogP contribution in [0.3, 0.4) is 0 Å². The molecule has 1 atom stereocenters. The van der Waals surface area contributed by atoms with Gasteiger partial charge in [-0.25, -0.2) is 23.1 Å². The van der Waals surface area contributed by atoms with E-state index in [4.69, 9.17) is 4.98 Å². The highest BCUT2D eigenvalue weighted by molar-refractivity contribution is 5.65. The largest absolute Gasteiger partial charge is 0.342 e.